The number of anilines is 1. The summed E-state index contributed by atoms with van der Waals surface area (Å²) in [6.45, 7) is 0.317. The van der Waals surface area contributed by atoms with Crippen LogP contribution in [0.4, 0.5) is 15.8 Å². The fraction of sp³-hybridized carbons (Fsp3) is 0.160. The van der Waals surface area contributed by atoms with Crippen LogP contribution >= 0.6 is 11.8 Å². The van der Waals surface area contributed by atoms with Crippen molar-refractivity contribution in [1.82, 2.24) is 4.90 Å². The van der Waals surface area contributed by atoms with Crippen LogP contribution < -0.4 is 10.1 Å². The van der Waals surface area contributed by atoms with E-state index in [0.29, 0.717) is 28.8 Å². The highest BCUT2D eigenvalue weighted by Crippen LogP contribution is 2.33. The fourth-order valence-corrected chi connectivity index (χ4v) is 4.50. The van der Waals surface area contributed by atoms with E-state index in [1.165, 1.54) is 23.9 Å². The largest absolute Gasteiger partial charge is 0.497 e. The predicted molar refractivity (Wildman–Crippen MR) is 128 cm³/mol. The number of thioether (sulfide) groups is 1. The molecule has 0 aliphatic carbocycles. The SMILES string of the molecule is COc1ccc(NC(=O)C[C@H]2SC(=Nc3cccc(F)c3)N(Cc3ccccc3)C2=O)cc1. The van der Waals surface area contributed by atoms with Gasteiger partial charge in [0.1, 0.15) is 16.8 Å². The van der Waals surface area contributed by atoms with Gasteiger partial charge >= 0.3 is 0 Å². The summed E-state index contributed by atoms with van der Waals surface area (Å²) in [7, 11) is 1.57. The van der Waals surface area contributed by atoms with Gasteiger partial charge in [0.15, 0.2) is 5.17 Å². The van der Waals surface area contributed by atoms with E-state index in [9.17, 15) is 14.0 Å². The van der Waals surface area contributed by atoms with E-state index in [1.54, 1.807) is 48.4 Å². The van der Waals surface area contributed by atoms with Gasteiger partial charge in [0.05, 0.1) is 19.3 Å². The Balaban J connectivity index is 1.52. The van der Waals surface area contributed by atoms with E-state index in [4.69, 9.17) is 4.74 Å². The van der Waals surface area contributed by atoms with Gasteiger partial charge in [-0.05, 0) is 48.0 Å². The molecule has 3 aromatic rings. The lowest BCUT2D eigenvalue weighted by Gasteiger charge is -2.16. The maximum Gasteiger partial charge on any atom is 0.242 e. The van der Waals surface area contributed by atoms with Crippen molar-refractivity contribution in [2.45, 2.75) is 18.2 Å². The van der Waals surface area contributed by atoms with Crippen molar-refractivity contribution < 1.29 is 18.7 Å². The normalized spacial score (nSPS) is 16.8. The predicted octanol–water partition coefficient (Wildman–Crippen LogP) is 4.99. The van der Waals surface area contributed by atoms with Gasteiger partial charge in [0.2, 0.25) is 11.8 Å². The number of hydrogen-bond acceptors (Lipinski definition) is 5. The number of methoxy groups -OCH3 is 1. The van der Waals surface area contributed by atoms with Crippen LogP contribution in [0.25, 0.3) is 0 Å². The minimum Gasteiger partial charge on any atom is -0.497 e. The summed E-state index contributed by atoms with van der Waals surface area (Å²) >= 11 is 1.21. The number of amidine groups is 1. The average molecular weight is 464 g/mol. The van der Waals surface area contributed by atoms with Gasteiger partial charge in [0.25, 0.3) is 0 Å². The van der Waals surface area contributed by atoms with Crippen molar-refractivity contribution in [2.24, 2.45) is 4.99 Å². The number of aliphatic imine (C=N–C) groups is 1. The molecule has 2 amide bonds. The van der Waals surface area contributed by atoms with E-state index in [-0.39, 0.29) is 18.2 Å². The maximum atomic E-state index is 13.6. The molecule has 0 spiro atoms. The number of nitrogens with zero attached hydrogens (tertiary/aromatic N) is 2. The number of rotatable bonds is 7. The molecule has 1 heterocycles. The molecule has 1 fully saturated rings. The van der Waals surface area contributed by atoms with Crippen LogP contribution in [0.2, 0.25) is 0 Å². The van der Waals surface area contributed by atoms with Crippen molar-refractivity contribution >= 4 is 40.1 Å². The van der Waals surface area contributed by atoms with Gasteiger partial charge in [-0.1, -0.05) is 48.2 Å². The quantitative estimate of drug-likeness (QED) is 0.536. The van der Waals surface area contributed by atoms with Crippen LogP contribution in [0.5, 0.6) is 5.75 Å². The Morgan fingerprint density at radius 3 is 2.55 bits per heavy atom. The molecule has 8 heteroatoms. The second-order valence-corrected chi connectivity index (χ2v) is 8.54. The van der Waals surface area contributed by atoms with Gasteiger partial charge in [-0.15, -0.1) is 0 Å². The number of amides is 2. The van der Waals surface area contributed by atoms with Crippen molar-refractivity contribution in [1.29, 1.82) is 0 Å². The molecule has 3 aromatic carbocycles. The van der Waals surface area contributed by atoms with Crippen molar-refractivity contribution in [3.05, 3.63) is 90.2 Å². The van der Waals surface area contributed by atoms with E-state index in [1.807, 2.05) is 30.3 Å². The molecule has 1 aliphatic rings. The van der Waals surface area contributed by atoms with E-state index in [2.05, 4.69) is 10.3 Å². The van der Waals surface area contributed by atoms with Crippen molar-refractivity contribution in [3.8, 4) is 5.75 Å². The first-order valence-electron chi connectivity index (χ1n) is 10.3. The van der Waals surface area contributed by atoms with Crippen LogP contribution in [-0.2, 0) is 16.1 Å². The Kier molecular flexibility index (Phi) is 7.04. The first-order valence-corrected chi connectivity index (χ1v) is 11.2. The molecule has 1 saturated heterocycles. The van der Waals surface area contributed by atoms with Gasteiger partial charge in [0, 0.05) is 12.1 Å². The Bertz CT molecular complexity index is 1170. The number of carbonyl (C=O) groups is 2. The van der Waals surface area contributed by atoms with Crippen molar-refractivity contribution in [2.75, 3.05) is 12.4 Å². The number of nitrogens with one attached hydrogen (secondary N) is 1. The summed E-state index contributed by atoms with van der Waals surface area (Å²) < 4.78 is 18.8. The molecule has 0 bridgehead atoms. The number of carbonyl (C=O) groups excluding carboxylic acids is 2. The topological polar surface area (TPSA) is 71.0 Å². The molecule has 1 N–H and O–H groups in total. The van der Waals surface area contributed by atoms with Crippen LogP contribution in [0.1, 0.15) is 12.0 Å². The molecule has 168 valence electrons. The molecule has 0 unspecified atom stereocenters. The third-order valence-corrected chi connectivity index (χ3v) is 6.16. The summed E-state index contributed by atoms with van der Waals surface area (Å²) in [5, 5.41) is 2.62. The van der Waals surface area contributed by atoms with E-state index >= 15 is 0 Å². The molecular weight excluding hydrogens is 441 g/mol. The second kappa shape index (κ2) is 10.3. The maximum absolute atomic E-state index is 13.6. The Labute approximate surface area is 195 Å². The zero-order valence-electron chi connectivity index (χ0n) is 17.9. The van der Waals surface area contributed by atoms with Gasteiger partial charge in [-0.25, -0.2) is 9.38 Å². The van der Waals surface area contributed by atoms with Crippen LogP contribution in [0.15, 0.2) is 83.9 Å². The van der Waals surface area contributed by atoms with Gasteiger partial charge in [-0.2, -0.15) is 0 Å². The average Bonchev–Trinajstić information content (AvgIpc) is 3.09. The Morgan fingerprint density at radius 2 is 1.85 bits per heavy atom. The molecule has 0 saturated carbocycles. The number of benzene rings is 3. The standard InChI is InChI=1S/C25H22FN3O3S/c1-32-21-12-10-19(11-13-21)27-23(30)15-22-24(31)29(16-17-6-3-2-4-7-17)25(33-22)28-20-9-5-8-18(26)14-20/h2-14,22H,15-16H2,1H3,(H,27,30)/t22-/m1/s1. The minimum atomic E-state index is -0.626. The Morgan fingerprint density at radius 1 is 1.09 bits per heavy atom. The summed E-state index contributed by atoms with van der Waals surface area (Å²) in [5.41, 5.74) is 1.96. The van der Waals surface area contributed by atoms with E-state index in [0.717, 1.165) is 5.56 Å². The number of halogens is 1. The minimum absolute atomic E-state index is 0.0109. The molecule has 1 atom stereocenters. The fourth-order valence-electron chi connectivity index (χ4n) is 3.35. The molecular formula is C25H22FN3O3S. The first-order chi connectivity index (χ1) is 16.0. The molecule has 0 radical (unpaired) electrons. The highest BCUT2D eigenvalue weighted by molar-refractivity contribution is 8.15. The van der Waals surface area contributed by atoms with Crippen molar-refractivity contribution in [3.63, 3.8) is 0 Å². The van der Waals surface area contributed by atoms with Crippen LogP contribution in [-0.4, -0.2) is 34.2 Å². The van der Waals surface area contributed by atoms with Gasteiger partial charge < -0.3 is 10.1 Å². The zero-order chi connectivity index (χ0) is 23.2. The summed E-state index contributed by atoms with van der Waals surface area (Å²) in [5.74, 6) is -0.206. The molecule has 33 heavy (non-hydrogen) atoms. The first kappa shape index (κ1) is 22.5. The second-order valence-electron chi connectivity index (χ2n) is 7.37. The van der Waals surface area contributed by atoms with E-state index < -0.39 is 11.1 Å². The number of hydrogen-bond donors (Lipinski definition) is 1. The monoisotopic (exact) mass is 463 g/mol. The molecule has 0 aromatic heterocycles. The third-order valence-electron chi connectivity index (χ3n) is 4.98. The highest BCUT2D eigenvalue weighted by atomic mass is 32.2. The summed E-state index contributed by atoms with van der Waals surface area (Å²) in [6, 6.07) is 22.4. The summed E-state index contributed by atoms with van der Waals surface area (Å²) in [6.07, 6.45) is -0.0109. The number of ether oxygens (including phenoxy) is 1. The lowest BCUT2D eigenvalue weighted by molar-refractivity contribution is -0.128. The molecule has 1 aliphatic heterocycles. The lowest BCUT2D eigenvalue weighted by atomic mass is 10.2. The third kappa shape index (κ3) is 5.78. The lowest BCUT2D eigenvalue weighted by Crippen LogP contribution is -2.33. The molecule has 4 rings (SSSR count). The highest BCUT2D eigenvalue weighted by Gasteiger charge is 2.39. The van der Waals surface area contributed by atoms with Gasteiger partial charge in [-0.3, -0.25) is 14.5 Å². The molecule has 6 nitrogen and oxygen atoms in total. The summed E-state index contributed by atoms with van der Waals surface area (Å²) in [4.78, 5) is 31.9. The van der Waals surface area contributed by atoms with Crippen LogP contribution in [0, 0.1) is 5.82 Å². The zero-order valence-corrected chi connectivity index (χ0v) is 18.7. The van der Waals surface area contributed by atoms with Crippen LogP contribution in [0.3, 0.4) is 0 Å². The smallest absolute Gasteiger partial charge is 0.242 e. The Hall–Kier alpha value is -3.65.